The molecule has 0 aliphatic heterocycles. The monoisotopic (exact) mass is 274 g/mol. The zero-order valence-electron chi connectivity index (χ0n) is 12.4. The second-order valence-electron chi connectivity index (χ2n) is 4.90. The fourth-order valence-electron chi connectivity index (χ4n) is 2.25. The molecule has 6 nitrogen and oxygen atoms in total. The van der Waals surface area contributed by atoms with Crippen molar-refractivity contribution >= 4 is 0 Å². The van der Waals surface area contributed by atoms with Crippen molar-refractivity contribution in [2.24, 2.45) is 22.9 Å². The Morgan fingerprint density at radius 1 is 0.421 bits per heavy atom. The molecule has 0 aromatic carbocycles. The first-order valence-corrected chi connectivity index (χ1v) is 7.53. The Hall–Kier alpha value is -0.240. The van der Waals surface area contributed by atoms with E-state index in [0.29, 0.717) is 26.2 Å². The van der Waals surface area contributed by atoms with Gasteiger partial charge in [-0.1, -0.05) is 6.42 Å². The Labute approximate surface area is 118 Å². The third kappa shape index (κ3) is 11.3. The van der Waals surface area contributed by atoms with Gasteiger partial charge in [0, 0.05) is 52.4 Å². The quantitative estimate of drug-likeness (QED) is 0.290. The van der Waals surface area contributed by atoms with Crippen LogP contribution in [-0.4, -0.2) is 75.2 Å². The zero-order valence-corrected chi connectivity index (χ0v) is 12.4. The second kappa shape index (κ2) is 14.2. The molecule has 0 aliphatic carbocycles. The molecule has 0 rings (SSSR count). The van der Waals surface area contributed by atoms with Crippen molar-refractivity contribution < 1.29 is 0 Å². The summed E-state index contributed by atoms with van der Waals surface area (Å²) in [6, 6.07) is 0. The summed E-state index contributed by atoms with van der Waals surface area (Å²) >= 11 is 0. The molecule has 0 saturated carbocycles. The van der Waals surface area contributed by atoms with Crippen LogP contribution < -0.4 is 22.9 Å². The van der Waals surface area contributed by atoms with Gasteiger partial charge in [-0.3, -0.25) is 0 Å². The van der Waals surface area contributed by atoms with Crippen LogP contribution in [0.5, 0.6) is 0 Å². The van der Waals surface area contributed by atoms with E-state index in [0.717, 1.165) is 39.3 Å². The van der Waals surface area contributed by atoms with Crippen LogP contribution in [-0.2, 0) is 0 Å². The molecule has 0 aromatic rings. The van der Waals surface area contributed by atoms with Crippen molar-refractivity contribution in [2.45, 2.75) is 19.3 Å². The van der Waals surface area contributed by atoms with Crippen LogP contribution in [0.2, 0.25) is 0 Å². The van der Waals surface area contributed by atoms with Crippen LogP contribution in [0.4, 0.5) is 0 Å². The molecule has 0 saturated heterocycles. The lowest BCUT2D eigenvalue weighted by Gasteiger charge is -2.22. The molecule has 116 valence electrons. The highest BCUT2D eigenvalue weighted by Gasteiger charge is 2.04. The molecule has 0 amide bonds. The SMILES string of the molecule is NCCN(CCN)CCCCCN(CCN)CCN. The Morgan fingerprint density at radius 2 is 0.737 bits per heavy atom. The maximum atomic E-state index is 5.58. The lowest BCUT2D eigenvalue weighted by molar-refractivity contribution is 0.263. The molecule has 0 radical (unpaired) electrons. The van der Waals surface area contributed by atoms with Gasteiger partial charge < -0.3 is 32.7 Å². The molecule has 0 fully saturated rings. The van der Waals surface area contributed by atoms with Gasteiger partial charge in [0.2, 0.25) is 0 Å². The first-order chi connectivity index (χ1) is 9.28. The Balaban J connectivity index is 3.59. The minimum absolute atomic E-state index is 0.709. The average molecular weight is 274 g/mol. The van der Waals surface area contributed by atoms with Crippen LogP contribution in [0.1, 0.15) is 19.3 Å². The van der Waals surface area contributed by atoms with E-state index in [-0.39, 0.29) is 0 Å². The number of unbranched alkanes of at least 4 members (excludes halogenated alkanes) is 2. The standard InChI is InChI=1S/C13H34N6/c14-4-10-18(11-5-15)8-2-1-3-9-19(12-6-16)13-7-17/h1-17H2. The predicted molar refractivity (Wildman–Crippen MR) is 82.9 cm³/mol. The first kappa shape index (κ1) is 18.8. The van der Waals surface area contributed by atoms with Crippen molar-refractivity contribution in [1.29, 1.82) is 0 Å². The highest BCUT2D eigenvalue weighted by Crippen LogP contribution is 2.00. The third-order valence-electron chi connectivity index (χ3n) is 3.23. The predicted octanol–water partition coefficient (Wildman–Crippen LogP) is -1.40. The summed E-state index contributed by atoms with van der Waals surface area (Å²) in [7, 11) is 0. The topological polar surface area (TPSA) is 111 Å². The maximum absolute atomic E-state index is 5.58. The van der Waals surface area contributed by atoms with Gasteiger partial charge in [0.05, 0.1) is 0 Å². The van der Waals surface area contributed by atoms with E-state index < -0.39 is 0 Å². The highest BCUT2D eigenvalue weighted by molar-refractivity contribution is 4.62. The number of hydrogen-bond acceptors (Lipinski definition) is 6. The van der Waals surface area contributed by atoms with Crippen LogP contribution in [0, 0.1) is 0 Å². The lowest BCUT2D eigenvalue weighted by atomic mass is 10.2. The fourth-order valence-corrected chi connectivity index (χ4v) is 2.25. The van der Waals surface area contributed by atoms with E-state index in [1.807, 2.05) is 0 Å². The number of nitrogens with zero attached hydrogens (tertiary/aromatic N) is 2. The minimum atomic E-state index is 0.709. The van der Waals surface area contributed by atoms with Crippen molar-refractivity contribution in [2.75, 3.05) is 65.4 Å². The second-order valence-corrected chi connectivity index (χ2v) is 4.90. The fraction of sp³-hybridized carbons (Fsp3) is 1.00. The van der Waals surface area contributed by atoms with Gasteiger partial charge in [0.25, 0.3) is 0 Å². The number of hydrogen-bond donors (Lipinski definition) is 4. The molecule has 0 bridgehead atoms. The molecule has 0 unspecified atom stereocenters. The molecule has 0 spiro atoms. The smallest absolute Gasteiger partial charge is 0.0105 e. The van der Waals surface area contributed by atoms with E-state index >= 15 is 0 Å². The molecule has 8 N–H and O–H groups in total. The molecular formula is C13H34N6. The molecular weight excluding hydrogens is 240 g/mol. The molecule has 0 aliphatic rings. The third-order valence-corrected chi connectivity index (χ3v) is 3.23. The van der Waals surface area contributed by atoms with E-state index in [1.165, 1.54) is 19.3 Å². The van der Waals surface area contributed by atoms with Gasteiger partial charge >= 0.3 is 0 Å². The van der Waals surface area contributed by atoms with E-state index in [9.17, 15) is 0 Å². The molecule has 19 heavy (non-hydrogen) atoms. The summed E-state index contributed by atoms with van der Waals surface area (Å²) in [5.41, 5.74) is 22.3. The van der Waals surface area contributed by atoms with Gasteiger partial charge in [-0.05, 0) is 25.9 Å². The minimum Gasteiger partial charge on any atom is -0.329 e. The number of rotatable bonds is 14. The summed E-state index contributed by atoms with van der Waals surface area (Å²) in [6.07, 6.45) is 3.65. The van der Waals surface area contributed by atoms with Gasteiger partial charge in [-0.2, -0.15) is 0 Å². The van der Waals surface area contributed by atoms with E-state index in [1.54, 1.807) is 0 Å². The van der Waals surface area contributed by atoms with Crippen LogP contribution in [0.3, 0.4) is 0 Å². The summed E-state index contributed by atoms with van der Waals surface area (Å²) in [5.74, 6) is 0. The summed E-state index contributed by atoms with van der Waals surface area (Å²) < 4.78 is 0. The van der Waals surface area contributed by atoms with E-state index in [2.05, 4.69) is 9.80 Å². The molecule has 0 atom stereocenters. The van der Waals surface area contributed by atoms with Crippen LogP contribution in [0.25, 0.3) is 0 Å². The average Bonchev–Trinajstić information content (AvgIpc) is 2.39. The number of nitrogens with two attached hydrogens (primary N) is 4. The van der Waals surface area contributed by atoms with Crippen molar-refractivity contribution in [3.05, 3.63) is 0 Å². The van der Waals surface area contributed by atoms with E-state index in [4.69, 9.17) is 22.9 Å². The van der Waals surface area contributed by atoms with Crippen molar-refractivity contribution in [3.63, 3.8) is 0 Å². The summed E-state index contributed by atoms with van der Waals surface area (Å²) in [6.45, 7) is 8.83. The van der Waals surface area contributed by atoms with Crippen LogP contribution in [0.15, 0.2) is 0 Å². The Morgan fingerprint density at radius 3 is 1.00 bits per heavy atom. The molecule has 0 aromatic heterocycles. The summed E-state index contributed by atoms with van der Waals surface area (Å²) in [5, 5.41) is 0. The van der Waals surface area contributed by atoms with Gasteiger partial charge in [0.1, 0.15) is 0 Å². The summed E-state index contributed by atoms with van der Waals surface area (Å²) in [4.78, 5) is 4.69. The van der Waals surface area contributed by atoms with Crippen LogP contribution >= 0.6 is 0 Å². The van der Waals surface area contributed by atoms with Gasteiger partial charge in [0.15, 0.2) is 0 Å². The van der Waals surface area contributed by atoms with Gasteiger partial charge in [-0.25, -0.2) is 0 Å². The lowest BCUT2D eigenvalue weighted by Crippen LogP contribution is -2.35. The van der Waals surface area contributed by atoms with Crippen molar-refractivity contribution in [3.8, 4) is 0 Å². The largest absolute Gasteiger partial charge is 0.329 e. The Kier molecular flexibility index (Phi) is 14.0. The zero-order chi connectivity index (χ0) is 14.3. The highest BCUT2D eigenvalue weighted by atomic mass is 15.1. The first-order valence-electron chi connectivity index (χ1n) is 7.53. The Bertz CT molecular complexity index is 149. The molecule has 6 heteroatoms. The normalized spacial score (nSPS) is 11.7. The van der Waals surface area contributed by atoms with Gasteiger partial charge in [-0.15, -0.1) is 0 Å². The van der Waals surface area contributed by atoms with Crippen molar-refractivity contribution in [1.82, 2.24) is 9.80 Å². The molecule has 0 heterocycles. The maximum Gasteiger partial charge on any atom is 0.0105 e.